The van der Waals surface area contributed by atoms with Crippen LogP contribution in [0.2, 0.25) is 5.02 Å². The summed E-state index contributed by atoms with van der Waals surface area (Å²) in [6.45, 7) is -0.466. The zero-order valence-electron chi connectivity index (χ0n) is 11.3. The predicted molar refractivity (Wildman–Crippen MR) is 78.3 cm³/mol. The number of aliphatic carboxylic acids is 1. The molecular formula is C14H12ClN3O4. The molecule has 1 unspecified atom stereocenters. The number of amides is 1. The molecule has 2 aromatic rings. The van der Waals surface area contributed by atoms with Crippen molar-refractivity contribution in [2.45, 2.75) is 12.3 Å². The highest BCUT2D eigenvalue weighted by Crippen LogP contribution is 2.40. The first kappa shape index (κ1) is 14.4. The predicted octanol–water partition coefficient (Wildman–Crippen LogP) is 2.00. The van der Waals surface area contributed by atoms with Gasteiger partial charge in [-0.05, 0) is 18.2 Å². The second-order valence-corrected chi connectivity index (χ2v) is 5.31. The summed E-state index contributed by atoms with van der Waals surface area (Å²) in [5.41, 5.74) is 1.47. The molecule has 1 aromatic heterocycles. The lowest BCUT2D eigenvalue weighted by Gasteiger charge is -2.24. The van der Waals surface area contributed by atoms with E-state index in [1.807, 2.05) is 0 Å². The van der Waals surface area contributed by atoms with Gasteiger partial charge in [-0.1, -0.05) is 11.6 Å². The van der Waals surface area contributed by atoms with Crippen LogP contribution in [0.4, 0.5) is 5.82 Å². The molecule has 3 N–H and O–H groups in total. The number of hydrogen-bond donors (Lipinski definition) is 3. The van der Waals surface area contributed by atoms with E-state index in [0.29, 0.717) is 22.2 Å². The minimum absolute atomic E-state index is 0.161. The fourth-order valence-electron chi connectivity index (χ4n) is 2.49. The monoisotopic (exact) mass is 321 g/mol. The normalized spacial score (nSPS) is 16.8. The molecule has 1 atom stereocenters. The largest absolute Gasteiger partial charge is 0.482 e. The van der Waals surface area contributed by atoms with Crippen molar-refractivity contribution in [3.05, 3.63) is 40.5 Å². The average molecular weight is 322 g/mol. The standard InChI is InChI=1S/C14H12ClN3O4/c15-7-1-2-11(22-6-13(20)21)9(3-7)8-4-12(19)17-14-10(8)5-16-18-14/h1-3,5,8H,4,6H2,(H,20,21)(H2,16,17,18,19). The molecule has 0 saturated carbocycles. The Balaban J connectivity index is 2.02. The summed E-state index contributed by atoms with van der Waals surface area (Å²) in [7, 11) is 0. The third-order valence-corrected chi connectivity index (χ3v) is 3.63. The fraction of sp³-hybridized carbons (Fsp3) is 0.214. The van der Waals surface area contributed by atoms with Crippen molar-refractivity contribution in [1.82, 2.24) is 10.2 Å². The van der Waals surface area contributed by atoms with Crippen LogP contribution in [0.15, 0.2) is 24.4 Å². The van der Waals surface area contributed by atoms with Gasteiger partial charge >= 0.3 is 5.97 Å². The van der Waals surface area contributed by atoms with E-state index in [2.05, 4.69) is 15.5 Å². The number of nitrogens with one attached hydrogen (secondary N) is 2. The number of anilines is 1. The molecule has 0 radical (unpaired) electrons. The molecule has 22 heavy (non-hydrogen) atoms. The van der Waals surface area contributed by atoms with Crippen LogP contribution >= 0.6 is 11.6 Å². The van der Waals surface area contributed by atoms with Gasteiger partial charge in [-0.15, -0.1) is 0 Å². The number of aromatic amines is 1. The summed E-state index contributed by atoms with van der Waals surface area (Å²) in [6.07, 6.45) is 1.83. The number of halogens is 1. The highest BCUT2D eigenvalue weighted by molar-refractivity contribution is 6.30. The van der Waals surface area contributed by atoms with Crippen LogP contribution in [-0.2, 0) is 9.59 Å². The van der Waals surface area contributed by atoms with Crippen LogP contribution in [0.5, 0.6) is 5.75 Å². The Morgan fingerprint density at radius 2 is 2.27 bits per heavy atom. The Morgan fingerprint density at radius 1 is 1.45 bits per heavy atom. The van der Waals surface area contributed by atoms with Crippen molar-refractivity contribution in [2.24, 2.45) is 0 Å². The van der Waals surface area contributed by atoms with Crippen LogP contribution in [0.3, 0.4) is 0 Å². The van der Waals surface area contributed by atoms with E-state index >= 15 is 0 Å². The third kappa shape index (κ3) is 2.75. The maximum absolute atomic E-state index is 11.8. The number of ether oxygens (including phenoxy) is 1. The summed E-state index contributed by atoms with van der Waals surface area (Å²) in [6, 6.07) is 4.90. The molecule has 1 aromatic carbocycles. The van der Waals surface area contributed by atoms with Crippen LogP contribution in [-0.4, -0.2) is 33.8 Å². The van der Waals surface area contributed by atoms with E-state index < -0.39 is 12.6 Å². The molecule has 0 aliphatic carbocycles. The van der Waals surface area contributed by atoms with Gasteiger partial charge in [0.25, 0.3) is 0 Å². The topological polar surface area (TPSA) is 104 Å². The Bertz CT molecular complexity index is 743. The number of nitrogens with zero attached hydrogens (tertiary/aromatic N) is 1. The summed E-state index contributed by atoms with van der Waals surface area (Å²) >= 11 is 6.04. The van der Waals surface area contributed by atoms with E-state index in [1.54, 1.807) is 24.4 Å². The van der Waals surface area contributed by atoms with Crippen molar-refractivity contribution in [2.75, 3.05) is 11.9 Å². The first-order chi connectivity index (χ1) is 10.5. The van der Waals surface area contributed by atoms with Gasteiger partial charge < -0.3 is 15.2 Å². The summed E-state index contributed by atoms with van der Waals surface area (Å²) in [5.74, 6) is -0.619. The first-order valence-electron chi connectivity index (χ1n) is 6.51. The SMILES string of the molecule is O=C(O)COc1ccc(Cl)cc1C1CC(=O)Nc2[nH]ncc21. The van der Waals surface area contributed by atoms with Crippen molar-refractivity contribution < 1.29 is 19.4 Å². The minimum Gasteiger partial charge on any atom is -0.482 e. The number of H-pyrrole nitrogens is 1. The van der Waals surface area contributed by atoms with Crippen molar-refractivity contribution in [3.8, 4) is 5.75 Å². The van der Waals surface area contributed by atoms with Crippen LogP contribution in [0.25, 0.3) is 0 Å². The number of carbonyl (C=O) groups is 2. The molecule has 2 heterocycles. The second-order valence-electron chi connectivity index (χ2n) is 4.87. The van der Waals surface area contributed by atoms with Gasteiger partial charge in [0.05, 0.1) is 6.20 Å². The van der Waals surface area contributed by atoms with E-state index in [0.717, 1.165) is 5.56 Å². The van der Waals surface area contributed by atoms with Gasteiger partial charge in [0.1, 0.15) is 11.6 Å². The Labute approximate surface area is 130 Å². The lowest BCUT2D eigenvalue weighted by atomic mass is 9.87. The molecule has 0 fully saturated rings. The molecule has 0 bridgehead atoms. The van der Waals surface area contributed by atoms with Gasteiger partial charge in [-0.3, -0.25) is 9.89 Å². The summed E-state index contributed by atoms with van der Waals surface area (Å²) in [5, 5.41) is 18.6. The number of fused-ring (bicyclic) bond motifs is 1. The lowest BCUT2D eigenvalue weighted by Crippen LogP contribution is -2.23. The highest BCUT2D eigenvalue weighted by Gasteiger charge is 2.30. The lowest BCUT2D eigenvalue weighted by molar-refractivity contribution is -0.139. The van der Waals surface area contributed by atoms with Crippen LogP contribution in [0, 0.1) is 0 Å². The molecule has 1 aliphatic rings. The maximum atomic E-state index is 11.8. The van der Waals surface area contributed by atoms with E-state index in [4.69, 9.17) is 21.4 Å². The number of benzene rings is 1. The Hall–Kier alpha value is -2.54. The number of rotatable bonds is 4. The minimum atomic E-state index is -1.08. The summed E-state index contributed by atoms with van der Waals surface area (Å²) < 4.78 is 5.31. The molecule has 8 heteroatoms. The molecule has 0 saturated heterocycles. The van der Waals surface area contributed by atoms with Gasteiger partial charge in [-0.2, -0.15) is 5.10 Å². The van der Waals surface area contributed by atoms with Gasteiger partial charge in [0.15, 0.2) is 6.61 Å². The Morgan fingerprint density at radius 3 is 3.05 bits per heavy atom. The number of carboxylic acid groups (broad SMARTS) is 1. The summed E-state index contributed by atoms with van der Waals surface area (Å²) in [4.78, 5) is 22.5. The second kappa shape index (κ2) is 5.69. The maximum Gasteiger partial charge on any atom is 0.341 e. The Kier molecular flexibility index (Phi) is 3.72. The van der Waals surface area contributed by atoms with Crippen molar-refractivity contribution >= 4 is 29.3 Å². The van der Waals surface area contributed by atoms with E-state index in [1.165, 1.54) is 0 Å². The highest BCUT2D eigenvalue weighted by atomic mass is 35.5. The van der Waals surface area contributed by atoms with Crippen molar-refractivity contribution in [3.63, 3.8) is 0 Å². The number of hydrogen-bond acceptors (Lipinski definition) is 4. The molecule has 0 spiro atoms. The molecule has 1 amide bonds. The van der Waals surface area contributed by atoms with Gasteiger partial charge in [0.2, 0.25) is 5.91 Å². The first-order valence-corrected chi connectivity index (χ1v) is 6.89. The number of aromatic nitrogens is 2. The van der Waals surface area contributed by atoms with Crippen LogP contribution in [0.1, 0.15) is 23.5 Å². The molecule has 1 aliphatic heterocycles. The number of carbonyl (C=O) groups excluding carboxylic acids is 1. The van der Waals surface area contributed by atoms with Crippen LogP contribution < -0.4 is 10.1 Å². The zero-order valence-corrected chi connectivity index (χ0v) is 12.1. The van der Waals surface area contributed by atoms with Gasteiger partial charge in [-0.25, -0.2) is 4.79 Å². The average Bonchev–Trinajstić information content (AvgIpc) is 2.93. The molecule has 3 rings (SSSR count). The molecular weight excluding hydrogens is 310 g/mol. The quantitative estimate of drug-likeness (QED) is 0.799. The fourth-order valence-corrected chi connectivity index (χ4v) is 2.67. The van der Waals surface area contributed by atoms with E-state index in [9.17, 15) is 9.59 Å². The number of carboxylic acids is 1. The molecule has 7 nitrogen and oxygen atoms in total. The molecule has 114 valence electrons. The smallest absolute Gasteiger partial charge is 0.341 e. The third-order valence-electron chi connectivity index (χ3n) is 3.40. The zero-order chi connectivity index (χ0) is 15.7. The van der Waals surface area contributed by atoms with Gasteiger partial charge in [0, 0.05) is 28.5 Å². The van der Waals surface area contributed by atoms with Crippen molar-refractivity contribution in [1.29, 1.82) is 0 Å². The van der Waals surface area contributed by atoms with E-state index in [-0.39, 0.29) is 18.2 Å².